The van der Waals surface area contributed by atoms with Gasteiger partial charge in [-0.3, -0.25) is 0 Å². The number of nitrogens with one attached hydrogen (secondary N) is 1. The molecule has 0 saturated carbocycles. The van der Waals surface area contributed by atoms with Gasteiger partial charge in [0.2, 0.25) is 0 Å². The molecule has 2 heteroatoms. The van der Waals surface area contributed by atoms with Crippen molar-refractivity contribution >= 4 is 21.4 Å². The summed E-state index contributed by atoms with van der Waals surface area (Å²) in [4.78, 5) is 0. The van der Waals surface area contributed by atoms with Crippen molar-refractivity contribution in [1.82, 2.24) is 5.32 Å². The third-order valence-corrected chi connectivity index (χ3v) is 3.18. The summed E-state index contributed by atoms with van der Waals surface area (Å²) in [7, 11) is 0. The Hall–Kier alpha value is -1.12. The van der Waals surface area contributed by atoms with Crippen molar-refractivity contribution in [2.24, 2.45) is 0 Å². The molecule has 0 aliphatic heterocycles. The smallest absolute Gasteiger partial charge is 0.0346 e. The summed E-state index contributed by atoms with van der Waals surface area (Å²) in [5, 5.41) is 6.91. The molecular formula is C12H13NS. The Morgan fingerprint density at radius 3 is 3.07 bits per heavy atom. The molecule has 0 bridgehead atoms. The zero-order valence-corrected chi connectivity index (χ0v) is 8.81. The number of hydrogen-bond donors (Lipinski definition) is 1. The monoisotopic (exact) mass is 203 g/mol. The highest BCUT2D eigenvalue weighted by atomic mass is 32.1. The molecule has 0 amide bonds. The lowest BCUT2D eigenvalue weighted by molar-refractivity contribution is 0.766. The Balaban J connectivity index is 2.20. The first-order chi connectivity index (χ1) is 6.92. The third kappa shape index (κ3) is 1.86. The second-order valence-electron chi connectivity index (χ2n) is 3.18. The molecule has 0 atom stereocenters. The van der Waals surface area contributed by atoms with E-state index in [1.807, 2.05) is 6.08 Å². The Morgan fingerprint density at radius 1 is 1.36 bits per heavy atom. The van der Waals surface area contributed by atoms with Gasteiger partial charge in [0.25, 0.3) is 0 Å². The fraction of sp³-hybridized carbons (Fsp3) is 0.167. The van der Waals surface area contributed by atoms with Crippen LogP contribution in [0.15, 0.2) is 42.3 Å². The lowest BCUT2D eigenvalue weighted by Gasteiger charge is -1.99. The highest BCUT2D eigenvalue weighted by Gasteiger charge is 2.01. The Labute approximate surface area is 88.1 Å². The van der Waals surface area contributed by atoms with Crippen molar-refractivity contribution in [3.8, 4) is 0 Å². The predicted molar refractivity (Wildman–Crippen MR) is 63.7 cm³/mol. The van der Waals surface area contributed by atoms with E-state index in [9.17, 15) is 0 Å². The van der Waals surface area contributed by atoms with Gasteiger partial charge in [0, 0.05) is 17.8 Å². The molecule has 1 aromatic heterocycles. The second-order valence-corrected chi connectivity index (χ2v) is 4.09. The largest absolute Gasteiger partial charge is 0.309 e. The maximum absolute atomic E-state index is 3.68. The predicted octanol–water partition coefficient (Wildman–Crippen LogP) is 3.18. The molecule has 1 N–H and O–H groups in total. The third-order valence-electron chi connectivity index (χ3n) is 2.17. The van der Waals surface area contributed by atoms with Gasteiger partial charge in [-0.2, -0.15) is 0 Å². The molecule has 2 aromatic rings. The summed E-state index contributed by atoms with van der Waals surface area (Å²) in [5.41, 5.74) is 1.38. The minimum Gasteiger partial charge on any atom is -0.309 e. The van der Waals surface area contributed by atoms with E-state index in [2.05, 4.69) is 41.5 Å². The molecular weight excluding hydrogens is 190 g/mol. The molecule has 1 nitrogen and oxygen atoms in total. The van der Waals surface area contributed by atoms with Crippen molar-refractivity contribution < 1.29 is 0 Å². The van der Waals surface area contributed by atoms with Crippen LogP contribution in [0.5, 0.6) is 0 Å². The van der Waals surface area contributed by atoms with E-state index in [0.29, 0.717) is 0 Å². The fourth-order valence-electron chi connectivity index (χ4n) is 1.48. The zero-order chi connectivity index (χ0) is 9.80. The van der Waals surface area contributed by atoms with E-state index in [0.717, 1.165) is 13.1 Å². The van der Waals surface area contributed by atoms with Gasteiger partial charge in [-0.15, -0.1) is 17.9 Å². The fourth-order valence-corrected chi connectivity index (χ4v) is 2.44. The van der Waals surface area contributed by atoms with Crippen LogP contribution in [0.25, 0.3) is 10.1 Å². The van der Waals surface area contributed by atoms with Crippen LogP contribution in [-0.2, 0) is 6.54 Å². The van der Waals surface area contributed by atoms with Gasteiger partial charge in [-0.05, 0) is 22.4 Å². The lowest BCUT2D eigenvalue weighted by Crippen LogP contribution is -2.11. The van der Waals surface area contributed by atoms with Crippen molar-refractivity contribution in [2.45, 2.75) is 6.54 Å². The van der Waals surface area contributed by atoms with E-state index < -0.39 is 0 Å². The summed E-state index contributed by atoms with van der Waals surface area (Å²) < 4.78 is 1.36. The summed E-state index contributed by atoms with van der Waals surface area (Å²) in [6, 6.07) is 8.51. The minimum absolute atomic E-state index is 0.865. The second kappa shape index (κ2) is 4.40. The van der Waals surface area contributed by atoms with E-state index >= 15 is 0 Å². The van der Waals surface area contributed by atoms with Crippen molar-refractivity contribution in [1.29, 1.82) is 0 Å². The van der Waals surface area contributed by atoms with Gasteiger partial charge < -0.3 is 5.32 Å². The highest BCUT2D eigenvalue weighted by molar-refractivity contribution is 7.17. The van der Waals surface area contributed by atoms with E-state index in [1.54, 1.807) is 11.3 Å². The number of rotatable bonds is 4. The summed E-state index contributed by atoms with van der Waals surface area (Å²) >= 11 is 1.81. The minimum atomic E-state index is 0.865. The molecule has 0 radical (unpaired) electrons. The first-order valence-corrected chi connectivity index (χ1v) is 5.56. The molecule has 0 aliphatic carbocycles. The summed E-state index contributed by atoms with van der Waals surface area (Å²) in [6.07, 6.45) is 1.88. The maximum Gasteiger partial charge on any atom is 0.0346 e. The van der Waals surface area contributed by atoms with Crippen LogP contribution in [0.4, 0.5) is 0 Å². The van der Waals surface area contributed by atoms with Gasteiger partial charge in [0.1, 0.15) is 0 Å². The van der Waals surface area contributed by atoms with Crippen LogP contribution >= 0.6 is 11.3 Å². The van der Waals surface area contributed by atoms with Crippen LogP contribution < -0.4 is 5.32 Å². The van der Waals surface area contributed by atoms with Crippen LogP contribution in [-0.4, -0.2) is 6.54 Å². The molecule has 1 heterocycles. The molecule has 0 spiro atoms. The first-order valence-electron chi connectivity index (χ1n) is 4.68. The number of benzene rings is 1. The molecule has 72 valence electrons. The summed E-state index contributed by atoms with van der Waals surface area (Å²) in [6.45, 7) is 5.47. The van der Waals surface area contributed by atoms with Gasteiger partial charge in [-0.1, -0.05) is 24.3 Å². The molecule has 0 fully saturated rings. The van der Waals surface area contributed by atoms with Crippen molar-refractivity contribution in [2.75, 3.05) is 6.54 Å². The number of hydrogen-bond acceptors (Lipinski definition) is 2. The van der Waals surface area contributed by atoms with E-state index in [4.69, 9.17) is 0 Å². The molecule has 1 aromatic carbocycles. The van der Waals surface area contributed by atoms with Crippen LogP contribution in [0.3, 0.4) is 0 Å². The number of fused-ring (bicyclic) bond motifs is 1. The van der Waals surface area contributed by atoms with Gasteiger partial charge in [0.15, 0.2) is 0 Å². The van der Waals surface area contributed by atoms with Crippen molar-refractivity contribution in [3.05, 3.63) is 47.9 Å². The first kappa shape index (κ1) is 9.44. The topological polar surface area (TPSA) is 12.0 Å². The van der Waals surface area contributed by atoms with Gasteiger partial charge in [-0.25, -0.2) is 0 Å². The normalized spacial score (nSPS) is 10.6. The van der Waals surface area contributed by atoms with Crippen molar-refractivity contribution in [3.63, 3.8) is 0 Å². The molecule has 0 aliphatic rings. The van der Waals surface area contributed by atoms with Crippen LogP contribution in [0.2, 0.25) is 0 Å². The molecule has 0 saturated heterocycles. The highest BCUT2D eigenvalue weighted by Crippen LogP contribution is 2.25. The molecule has 14 heavy (non-hydrogen) atoms. The Kier molecular flexibility index (Phi) is 2.96. The zero-order valence-electron chi connectivity index (χ0n) is 7.99. The van der Waals surface area contributed by atoms with Crippen LogP contribution in [0, 0.1) is 0 Å². The average Bonchev–Trinajstić information content (AvgIpc) is 2.63. The van der Waals surface area contributed by atoms with E-state index in [-0.39, 0.29) is 0 Å². The van der Waals surface area contributed by atoms with Gasteiger partial charge >= 0.3 is 0 Å². The Bertz CT molecular complexity index is 431. The maximum atomic E-state index is 3.68. The Morgan fingerprint density at radius 2 is 2.21 bits per heavy atom. The SMILES string of the molecule is C=CCNCc1csc2ccccc12. The standard InChI is InChI=1S/C12H13NS/c1-2-7-13-8-10-9-14-12-6-4-3-5-11(10)12/h2-6,9,13H,1,7-8H2. The molecule has 0 unspecified atom stereocenters. The number of thiophene rings is 1. The quantitative estimate of drug-likeness (QED) is 0.594. The van der Waals surface area contributed by atoms with Crippen LogP contribution in [0.1, 0.15) is 5.56 Å². The molecule has 2 rings (SSSR count). The summed E-state index contributed by atoms with van der Waals surface area (Å²) in [5.74, 6) is 0. The van der Waals surface area contributed by atoms with E-state index in [1.165, 1.54) is 15.6 Å². The van der Waals surface area contributed by atoms with Gasteiger partial charge in [0.05, 0.1) is 0 Å². The lowest BCUT2D eigenvalue weighted by atomic mass is 10.2. The average molecular weight is 203 g/mol.